The molecule has 0 amide bonds. The van der Waals surface area contributed by atoms with Crippen molar-refractivity contribution in [3.05, 3.63) is 28.8 Å². The van der Waals surface area contributed by atoms with Crippen LogP contribution in [-0.2, 0) is 11.2 Å². The quantitative estimate of drug-likeness (QED) is 0.923. The maximum absolute atomic E-state index is 10.9. The fourth-order valence-corrected chi connectivity index (χ4v) is 3.14. The second-order valence-electron chi connectivity index (χ2n) is 5.94. The molecular weight excluding hydrogens is 276 g/mol. The minimum Gasteiger partial charge on any atom is -0.496 e. The molecule has 1 aromatic rings. The van der Waals surface area contributed by atoms with E-state index >= 15 is 0 Å². The van der Waals surface area contributed by atoms with Gasteiger partial charge in [0.1, 0.15) is 5.75 Å². The number of ether oxygens (including phenoxy) is 2. The van der Waals surface area contributed by atoms with Crippen molar-refractivity contribution < 1.29 is 14.6 Å². The summed E-state index contributed by atoms with van der Waals surface area (Å²) in [4.78, 5) is 0. The molecule has 1 aliphatic heterocycles. The molecule has 1 aromatic carbocycles. The highest BCUT2D eigenvalue weighted by Gasteiger charge is 2.41. The zero-order valence-electron chi connectivity index (χ0n) is 12.4. The smallest absolute Gasteiger partial charge is 0.122 e. The Morgan fingerprint density at radius 1 is 1.45 bits per heavy atom. The minimum absolute atomic E-state index is 0.251. The van der Waals surface area contributed by atoms with Crippen molar-refractivity contribution in [3.8, 4) is 5.75 Å². The van der Waals surface area contributed by atoms with E-state index in [1.807, 2.05) is 12.1 Å². The third-order valence-electron chi connectivity index (χ3n) is 4.23. The van der Waals surface area contributed by atoms with E-state index in [1.54, 1.807) is 13.2 Å². The second kappa shape index (κ2) is 5.92. The van der Waals surface area contributed by atoms with Gasteiger partial charge in [-0.25, -0.2) is 0 Å². The molecule has 20 heavy (non-hydrogen) atoms. The molecule has 0 aliphatic carbocycles. The Morgan fingerprint density at radius 3 is 2.85 bits per heavy atom. The van der Waals surface area contributed by atoms with E-state index < -0.39 is 5.60 Å². The molecule has 1 heterocycles. The standard InChI is InChI=1S/C16H23ClO3/c1-4-15(2)11-16(18,7-8-20-15)10-12-9-13(17)5-6-14(12)19-3/h5-6,9,18H,4,7-8,10-11H2,1-3H3. The van der Waals surface area contributed by atoms with Crippen LogP contribution in [0.2, 0.25) is 5.02 Å². The maximum Gasteiger partial charge on any atom is 0.122 e. The van der Waals surface area contributed by atoms with Crippen LogP contribution in [0.5, 0.6) is 5.75 Å². The lowest BCUT2D eigenvalue weighted by molar-refractivity contribution is -0.153. The Labute approximate surface area is 125 Å². The van der Waals surface area contributed by atoms with Crippen molar-refractivity contribution in [2.45, 2.75) is 50.7 Å². The van der Waals surface area contributed by atoms with E-state index in [4.69, 9.17) is 21.1 Å². The van der Waals surface area contributed by atoms with E-state index in [1.165, 1.54) is 0 Å². The highest BCUT2D eigenvalue weighted by Crippen LogP contribution is 2.38. The van der Waals surface area contributed by atoms with Crippen molar-refractivity contribution >= 4 is 11.6 Å². The summed E-state index contributed by atoms with van der Waals surface area (Å²) in [5.41, 5.74) is -0.0670. The van der Waals surface area contributed by atoms with Crippen molar-refractivity contribution in [1.29, 1.82) is 0 Å². The molecule has 4 heteroatoms. The monoisotopic (exact) mass is 298 g/mol. The van der Waals surface area contributed by atoms with Crippen LogP contribution in [0.25, 0.3) is 0 Å². The fourth-order valence-electron chi connectivity index (χ4n) is 2.94. The molecule has 0 bridgehead atoms. The van der Waals surface area contributed by atoms with E-state index in [0.29, 0.717) is 30.9 Å². The Balaban J connectivity index is 2.22. The normalized spacial score (nSPS) is 30.2. The highest BCUT2D eigenvalue weighted by atomic mass is 35.5. The van der Waals surface area contributed by atoms with Crippen LogP contribution in [0.3, 0.4) is 0 Å². The number of hydrogen-bond donors (Lipinski definition) is 1. The predicted molar refractivity (Wildman–Crippen MR) is 80.5 cm³/mol. The van der Waals surface area contributed by atoms with Gasteiger partial charge in [-0.05, 0) is 43.5 Å². The van der Waals surface area contributed by atoms with Gasteiger partial charge >= 0.3 is 0 Å². The molecule has 0 spiro atoms. The first kappa shape index (κ1) is 15.6. The summed E-state index contributed by atoms with van der Waals surface area (Å²) in [6.45, 7) is 4.74. The Hall–Kier alpha value is -0.770. The van der Waals surface area contributed by atoms with Gasteiger partial charge in [0.15, 0.2) is 0 Å². The molecule has 1 N–H and O–H groups in total. The number of benzene rings is 1. The van der Waals surface area contributed by atoms with Gasteiger partial charge in [-0.15, -0.1) is 0 Å². The zero-order valence-corrected chi connectivity index (χ0v) is 13.2. The number of halogens is 1. The molecule has 0 aromatic heterocycles. The summed E-state index contributed by atoms with van der Waals surface area (Å²) in [6.07, 6.45) is 2.70. The number of hydrogen-bond acceptors (Lipinski definition) is 3. The summed E-state index contributed by atoms with van der Waals surface area (Å²) in [5, 5.41) is 11.6. The van der Waals surface area contributed by atoms with Crippen molar-refractivity contribution in [2.24, 2.45) is 0 Å². The molecule has 1 fully saturated rings. The number of methoxy groups -OCH3 is 1. The van der Waals surface area contributed by atoms with Crippen LogP contribution in [-0.4, -0.2) is 30.0 Å². The van der Waals surface area contributed by atoms with Crippen LogP contribution >= 0.6 is 11.6 Å². The molecule has 3 nitrogen and oxygen atoms in total. The van der Waals surface area contributed by atoms with E-state index in [0.717, 1.165) is 17.7 Å². The van der Waals surface area contributed by atoms with Gasteiger partial charge in [-0.3, -0.25) is 0 Å². The van der Waals surface area contributed by atoms with Crippen LogP contribution in [0.1, 0.15) is 38.7 Å². The SMILES string of the molecule is CCC1(C)CC(O)(Cc2cc(Cl)ccc2OC)CCO1. The molecular formula is C16H23ClO3. The molecule has 1 aliphatic rings. The topological polar surface area (TPSA) is 38.7 Å². The van der Waals surface area contributed by atoms with Gasteiger partial charge in [-0.2, -0.15) is 0 Å². The fraction of sp³-hybridized carbons (Fsp3) is 0.625. The van der Waals surface area contributed by atoms with Gasteiger partial charge in [-0.1, -0.05) is 18.5 Å². The highest BCUT2D eigenvalue weighted by molar-refractivity contribution is 6.30. The number of aliphatic hydroxyl groups is 1. The average Bonchev–Trinajstić information content (AvgIpc) is 2.38. The molecule has 2 rings (SSSR count). The lowest BCUT2D eigenvalue weighted by Gasteiger charge is -2.43. The summed E-state index contributed by atoms with van der Waals surface area (Å²) in [6, 6.07) is 5.52. The molecule has 112 valence electrons. The first-order chi connectivity index (χ1) is 9.40. The lowest BCUT2D eigenvalue weighted by Crippen LogP contribution is -2.48. The third kappa shape index (κ3) is 3.46. The van der Waals surface area contributed by atoms with Crippen LogP contribution < -0.4 is 4.74 Å². The van der Waals surface area contributed by atoms with Gasteiger partial charge in [0, 0.05) is 17.9 Å². The zero-order chi connectivity index (χ0) is 14.8. The summed E-state index contributed by atoms with van der Waals surface area (Å²) < 4.78 is 11.2. The van der Waals surface area contributed by atoms with Gasteiger partial charge in [0.05, 0.1) is 24.9 Å². The molecule has 2 unspecified atom stereocenters. The number of rotatable bonds is 4. The van der Waals surface area contributed by atoms with Crippen LogP contribution in [0.4, 0.5) is 0 Å². The Bertz CT molecular complexity index is 477. The van der Waals surface area contributed by atoms with Gasteiger partial charge in [0.2, 0.25) is 0 Å². The second-order valence-corrected chi connectivity index (χ2v) is 6.37. The maximum atomic E-state index is 10.9. The van der Waals surface area contributed by atoms with E-state index in [-0.39, 0.29) is 5.60 Å². The average molecular weight is 299 g/mol. The van der Waals surface area contributed by atoms with E-state index in [2.05, 4.69) is 13.8 Å². The van der Waals surface area contributed by atoms with Crippen LogP contribution in [0, 0.1) is 0 Å². The molecule has 2 atom stereocenters. The Kier molecular flexibility index (Phi) is 4.62. The largest absolute Gasteiger partial charge is 0.496 e. The summed E-state index contributed by atoms with van der Waals surface area (Å²) in [7, 11) is 1.64. The summed E-state index contributed by atoms with van der Waals surface area (Å²) in [5.74, 6) is 0.771. The first-order valence-corrected chi connectivity index (χ1v) is 7.46. The molecule has 1 saturated heterocycles. The molecule has 0 radical (unpaired) electrons. The van der Waals surface area contributed by atoms with Crippen molar-refractivity contribution in [3.63, 3.8) is 0 Å². The third-order valence-corrected chi connectivity index (χ3v) is 4.47. The predicted octanol–water partition coefficient (Wildman–Crippen LogP) is 3.60. The van der Waals surface area contributed by atoms with Crippen molar-refractivity contribution in [1.82, 2.24) is 0 Å². The van der Waals surface area contributed by atoms with E-state index in [9.17, 15) is 5.11 Å². The first-order valence-electron chi connectivity index (χ1n) is 7.08. The van der Waals surface area contributed by atoms with Gasteiger partial charge in [0.25, 0.3) is 0 Å². The van der Waals surface area contributed by atoms with Gasteiger partial charge < -0.3 is 14.6 Å². The van der Waals surface area contributed by atoms with Crippen molar-refractivity contribution in [2.75, 3.05) is 13.7 Å². The summed E-state index contributed by atoms with van der Waals surface area (Å²) >= 11 is 6.06. The van der Waals surface area contributed by atoms with Crippen LogP contribution in [0.15, 0.2) is 18.2 Å². The minimum atomic E-state index is -0.763. The molecule has 0 saturated carbocycles. The lowest BCUT2D eigenvalue weighted by atomic mass is 9.78. The Morgan fingerprint density at radius 2 is 2.20 bits per heavy atom.